The van der Waals surface area contributed by atoms with E-state index in [2.05, 4.69) is 29.6 Å². The minimum atomic E-state index is -2.51. The van der Waals surface area contributed by atoms with Crippen molar-refractivity contribution in [2.24, 2.45) is 0 Å². The Hall–Kier alpha value is -1.97. The van der Waals surface area contributed by atoms with Crippen LogP contribution in [-0.2, 0) is 26.6 Å². The molecule has 0 spiro atoms. The number of hydrogen-bond acceptors (Lipinski definition) is 5. The van der Waals surface area contributed by atoms with E-state index >= 15 is 0 Å². The van der Waals surface area contributed by atoms with Gasteiger partial charge in [0.05, 0.1) is 4.88 Å². The summed E-state index contributed by atoms with van der Waals surface area (Å²) in [5.74, 6) is -0.926. The van der Waals surface area contributed by atoms with Crippen molar-refractivity contribution in [3.8, 4) is 21.6 Å². The van der Waals surface area contributed by atoms with Gasteiger partial charge in [-0.25, -0.2) is 0 Å². The van der Waals surface area contributed by atoms with Gasteiger partial charge in [0.2, 0.25) is 16.0 Å². The summed E-state index contributed by atoms with van der Waals surface area (Å²) in [6, 6.07) is 17.5. The molecule has 0 saturated carbocycles. The van der Waals surface area contributed by atoms with Gasteiger partial charge in [-0.05, 0) is 41.5 Å². The third kappa shape index (κ3) is 5.39. The zero-order valence-corrected chi connectivity index (χ0v) is 19.2. The van der Waals surface area contributed by atoms with Crippen molar-refractivity contribution >= 4 is 40.1 Å². The van der Waals surface area contributed by atoms with Gasteiger partial charge in [-0.2, -0.15) is 4.55 Å². The molecule has 0 aliphatic carbocycles. The van der Waals surface area contributed by atoms with Crippen molar-refractivity contribution in [2.45, 2.75) is 35.7 Å². The molecule has 2 unspecified atom stereocenters. The standard InChI is InChI=1S/C22H23NO4S3/c1-3-18(22(24)25)23-13-20-21(30(26)27)12-19(29-20)16-6-4-14(5-7-16)15-8-10-17(28-2)11-9-15/h4-12,18,23H,3,13H2,1-2H3,(H,24,25)(H,26,27)/p+1. The molecule has 30 heavy (non-hydrogen) atoms. The number of nitrogens with one attached hydrogen (secondary N) is 1. The number of benzene rings is 2. The van der Waals surface area contributed by atoms with Crippen LogP contribution in [-0.4, -0.2) is 27.9 Å². The van der Waals surface area contributed by atoms with E-state index in [-0.39, 0.29) is 6.54 Å². The van der Waals surface area contributed by atoms with Gasteiger partial charge >= 0.3 is 5.97 Å². The summed E-state index contributed by atoms with van der Waals surface area (Å²) in [6.07, 6.45) is 2.49. The first-order valence-corrected chi connectivity index (χ1v) is 12.7. The minimum absolute atomic E-state index is 0.242. The molecule has 3 N–H and O–H groups in total. The van der Waals surface area contributed by atoms with Gasteiger partial charge in [0.1, 0.15) is 6.04 Å². The van der Waals surface area contributed by atoms with Gasteiger partial charge < -0.3 is 5.11 Å². The van der Waals surface area contributed by atoms with E-state index in [1.165, 1.54) is 16.2 Å². The molecule has 0 fully saturated rings. The van der Waals surface area contributed by atoms with E-state index in [9.17, 15) is 18.7 Å². The van der Waals surface area contributed by atoms with E-state index in [0.29, 0.717) is 16.2 Å². The SMILES string of the molecule is CCC(NCc1sc(-c2ccc(-c3ccc(SC)cc3)cc2)cc1[SH+](=O)O)C(=O)O. The van der Waals surface area contributed by atoms with E-state index in [1.807, 2.05) is 30.5 Å². The lowest BCUT2D eigenvalue weighted by Gasteiger charge is -2.10. The Morgan fingerprint density at radius 1 is 1.10 bits per heavy atom. The van der Waals surface area contributed by atoms with Crippen molar-refractivity contribution in [3.05, 3.63) is 59.5 Å². The molecule has 1 heterocycles. The van der Waals surface area contributed by atoms with Gasteiger partial charge in [-0.1, -0.05) is 47.5 Å². The van der Waals surface area contributed by atoms with Crippen molar-refractivity contribution < 1.29 is 18.7 Å². The molecule has 0 saturated heterocycles. The molecule has 0 amide bonds. The molecule has 5 nitrogen and oxygen atoms in total. The highest BCUT2D eigenvalue weighted by Gasteiger charge is 2.22. The Bertz CT molecular complexity index is 1030. The highest BCUT2D eigenvalue weighted by atomic mass is 32.2. The quantitative estimate of drug-likeness (QED) is 0.228. The lowest BCUT2D eigenvalue weighted by Crippen LogP contribution is -2.35. The van der Waals surface area contributed by atoms with Crippen LogP contribution in [0.3, 0.4) is 0 Å². The fourth-order valence-electron chi connectivity index (χ4n) is 3.08. The fourth-order valence-corrected chi connectivity index (χ4v) is 5.50. The second-order valence-electron chi connectivity index (χ2n) is 6.68. The summed E-state index contributed by atoms with van der Waals surface area (Å²) >= 11 is 0.603. The van der Waals surface area contributed by atoms with Crippen LogP contribution in [0.5, 0.6) is 0 Å². The van der Waals surface area contributed by atoms with Crippen LogP contribution in [0.1, 0.15) is 18.2 Å². The smallest absolute Gasteiger partial charge is 0.320 e. The number of thioether (sulfide) groups is 1. The second-order valence-corrected chi connectivity index (χ2v) is 9.72. The van der Waals surface area contributed by atoms with Gasteiger partial charge in [0, 0.05) is 22.4 Å². The molecular weight excluding hydrogens is 438 g/mol. The molecule has 8 heteroatoms. The van der Waals surface area contributed by atoms with Crippen LogP contribution < -0.4 is 5.32 Å². The Morgan fingerprint density at radius 2 is 1.67 bits per heavy atom. The van der Waals surface area contributed by atoms with Crippen LogP contribution in [0.15, 0.2) is 64.4 Å². The predicted octanol–water partition coefficient (Wildman–Crippen LogP) is 5.28. The summed E-state index contributed by atoms with van der Waals surface area (Å²) in [5, 5.41) is 12.1. The Morgan fingerprint density at radius 3 is 2.17 bits per heavy atom. The average Bonchev–Trinajstić information content (AvgIpc) is 3.19. The molecular formula is C22H24NO4S3+. The van der Waals surface area contributed by atoms with Crippen LogP contribution in [0.4, 0.5) is 0 Å². The van der Waals surface area contributed by atoms with Crippen molar-refractivity contribution in [1.82, 2.24) is 5.32 Å². The lowest BCUT2D eigenvalue weighted by atomic mass is 10.0. The van der Waals surface area contributed by atoms with Crippen molar-refractivity contribution in [3.63, 3.8) is 0 Å². The number of carbonyl (C=O) groups is 1. The van der Waals surface area contributed by atoms with Gasteiger partial charge in [-0.15, -0.1) is 23.1 Å². The number of thiophene rings is 1. The van der Waals surface area contributed by atoms with Crippen LogP contribution in [0, 0.1) is 0 Å². The Kier molecular flexibility index (Phi) is 7.85. The third-order valence-corrected chi connectivity index (χ3v) is 7.69. The van der Waals surface area contributed by atoms with E-state index in [1.54, 1.807) is 24.8 Å². The normalized spacial score (nSPS) is 13.2. The number of carboxylic acids is 1. The van der Waals surface area contributed by atoms with E-state index in [0.717, 1.165) is 21.6 Å². The molecule has 3 rings (SSSR count). The predicted molar refractivity (Wildman–Crippen MR) is 126 cm³/mol. The first-order chi connectivity index (χ1) is 14.4. The zero-order valence-electron chi connectivity index (χ0n) is 16.7. The highest BCUT2D eigenvalue weighted by Crippen LogP contribution is 2.34. The van der Waals surface area contributed by atoms with Crippen molar-refractivity contribution in [2.75, 3.05) is 6.26 Å². The first-order valence-electron chi connectivity index (χ1n) is 9.42. The van der Waals surface area contributed by atoms with Crippen LogP contribution in [0.2, 0.25) is 0 Å². The number of carboxylic acid groups (broad SMARTS) is 1. The molecule has 158 valence electrons. The lowest BCUT2D eigenvalue weighted by molar-refractivity contribution is -0.139. The summed E-state index contributed by atoms with van der Waals surface area (Å²) in [4.78, 5) is 14.4. The molecule has 1 aromatic heterocycles. The first kappa shape index (κ1) is 22.7. The second kappa shape index (κ2) is 10.4. The number of thiol groups is 1. The van der Waals surface area contributed by atoms with Crippen LogP contribution >= 0.6 is 23.1 Å². The maximum atomic E-state index is 11.8. The molecule has 3 aromatic rings. The molecule has 2 atom stereocenters. The Balaban J connectivity index is 1.82. The molecule has 0 bridgehead atoms. The monoisotopic (exact) mass is 462 g/mol. The summed E-state index contributed by atoms with van der Waals surface area (Å²) in [6.45, 7) is 2.03. The largest absolute Gasteiger partial charge is 0.480 e. The number of aliphatic carboxylic acids is 1. The summed E-state index contributed by atoms with van der Waals surface area (Å²) in [7, 11) is 0. The minimum Gasteiger partial charge on any atom is -0.480 e. The third-order valence-electron chi connectivity index (χ3n) is 4.80. The summed E-state index contributed by atoms with van der Waals surface area (Å²) < 4.78 is 21.5. The van der Waals surface area contributed by atoms with E-state index < -0.39 is 23.1 Å². The number of rotatable bonds is 9. The molecule has 0 radical (unpaired) electrons. The summed E-state index contributed by atoms with van der Waals surface area (Å²) in [5.41, 5.74) is 3.19. The van der Waals surface area contributed by atoms with Gasteiger partial charge in [0.15, 0.2) is 0 Å². The van der Waals surface area contributed by atoms with Crippen molar-refractivity contribution in [1.29, 1.82) is 0 Å². The van der Waals surface area contributed by atoms with Crippen LogP contribution in [0.25, 0.3) is 21.6 Å². The Labute approximate surface area is 186 Å². The zero-order chi connectivity index (χ0) is 21.7. The number of hydrogen-bond donors (Lipinski definition) is 3. The molecule has 2 aromatic carbocycles. The maximum Gasteiger partial charge on any atom is 0.320 e. The van der Waals surface area contributed by atoms with E-state index in [4.69, 9.17) is 0 Å². The fraction of sp³-hybridized carbons (Fsp3) is 0.227. The maximum absolute atomic E-state index is 11.8. The molecule has 0 aliphatic heterocycles. The highest BCUT2D eigenvalue weighted by molar-refractivity contribution is 7.98. The molecule has 0 aliphatic rings. The average molecular weight is 463 g/mol. The van der Waals surface area contributed by atoms with Gasteiger partial charge in [-0.3, -0.25) is 10.1 Å². The topological polar surface area (TPSA) is 86.6 Å². The van der Waals surface area contributed by atoms with Gasteiger partial charge in [0.25, 0.3) is 0 Å².